The number of nitrogens with one attached hydrogen (secondary N) is 2. The third-order valence-electron chi connectivity index (χ3n) is 9.10. The third-order valence-corrected chi connectivity index (χ3v) is 9.10. The number of H-pyrrole nitrogens is 1. The van der Waals surface area contributed by atoms with Gasteiger partial charge in [0, 0.05) is 43.2 Å². The van der Waals surface area contributed by atoms with Crippen LogP contribution in [-0.2, 0) is 10.8 Å². The van der Waals surface area contributed by atoms with E-state index in [2.05, 4.69) is 34.6 Å². The lowest BCUT2D eigenvalue weighted by Gasteiger charge is -2.42. The normalized spacial score (nSPS) is 17.9. The maximum Gasteiger partial charge on any atom is 0.573 e. The van der Waals surface area contributed by atoms with Gasteiger partial charge in [-0.2, -0.15) is 0 Å². The second kappa shape index (κ2) is 14.0. The number of benzene rings is 2. The second-order valence-corrected chi connectivity index (χ2v) is 11.8. The van der Waals surface area contributed by atoms with Gasteiger partial charge in [-0.1, -0.05) is 24.3 Å². The largest absolute Gasteiger partial charge is 0.573 e. The molecular weight excluding hydrogens is 628 g/mol. The summed E-state index contributed by atoms with van der Waals surface area (Å²) in [4.78, 5) is 13.9. The van der Waals surface area contributed by atoms with Gasteiger partial charge in [0.05, 0.1) is 5.39 Å². The highest BCUT2D eigenvalue weighted by atomic mass is 19.4. The van der Waals surface area contributed by atoms with Crippen LogP contribution < -0.4 is 31.2 Å². The van der Waals surface area contributed by atoms with Crippen molar-refractivity contribution in [1.29, 1.82) is 0 Å². The van der Waals surface area contributed by atoms with Crippen LogP contribution in [0.25, 0.3) is 11.0 Å². The summed E-state index contributed by atoms with van der Waals surface area (Å²) in [5.41, 5.74) is 14.3. The number of piperidine rings is 2. The van der Waals surface area contributed by atoms with Crippen molar-refractivity contribution < 1.29 is 35.8 Å². The Balaban J connectivity index is 0.000000199. The summed E-state index contributed by atoms with van der Waals surface area (Å²) in [5, 5.41) is 4.23. The highest BCUT2D eigenvalue weighted by Crippen LogP contribution is 2.38. The number of anilines is 1. The Labute approximate surface area is 267 Å². The quantitative estimate of drug-likeness (QED) is 0.190. The Morgan fingerprint density at radius 1 is 0.702 bits per heavy atom. The maximum atomic E-state index is 12.4. The van der Waals surface area contributed by atoms with Crippen LogP contribution in [0.15, 0.2) is 67.1 Å². The van der Waals surface area contributed by atoms with Crippen molar-refractivity contribution in [1.82, 2.24) is 20.3 Å². The van der Waals surface area contributed by atoms with Crippen LogP contribution in [0.3, 0.4) is 0 Å². The summed E-state index contributed by atoms with van der Waals surface area (Å²) < 4.78 is 81.2. The number of halogens is 6. The fourth-order valence-electron chi connectivity index (χ4n) is 6.40. The smallest absolute Gasteiger partial charge is 0.406 e. The van der Waals surface area contributed by atoms with Crippen LogP contribution in [0.5, 0.6) is 11.5 Å². The van der Waals surface area contributed by atoms with Gasteiger partial charge in [-0.15, -0.1) is 26.3 Å². The summed E-state index contributed by atoms with van der Waals surface area (Å²) in [6.45, 7) is 4.15. The average molecular weight is 666 g/mol. The number of alkyl halides is 6. The molecule has 0 unspecified atom stereocenters. The molecule has 2 saturated heterocycles. The molecule has 0 bridgehead atoms. The molecule has 6 rings (SSSR count). The molecule has 0 amide bonds. The van der Waals surface area contributed by atoms with Gasteiger partial charge >= 0.3 is 12.7 Å². The SMILES string of the molecule is NCC1(c2ccc(OC(F)(F)F)cc2)CCN(c2ncnc3[nH]ccc23)CC1.NCC1(c2ccc(OC(F)(F)F)cc2)CCNCC1. The molecule has 0 saturated carbocycles. The molecule has 254 valence electrons. The first-order valence-corrected chi connectivity index (χ1v) is 15.2. The van der Waals surface area contributed by atoms with Gasteiger partial charge in [-0.05, 0) is 80.2 Å². The first-order chi connectivity index (χ1) is 22.4. The topological polar surface area (TPSA) is 127 Å². The molecule has 4 heterocycles. The van der Waals surface area contributed by atoms with E-state index < -0.39 is 12.7 Å². The van der Waals surface area contributed by atoms with Crippen molar-refractivity contribution in [3.8, 4) is 11.5 Å². The molecule has 0 atom stereocenters. The molecule has 15 heteroatoms. The van der Waals surface area contributed by atoms with E-state index >= 15 is 0 Å². The van der Waals surface area contributed by atoms with E-state index in [1.165, 1.54) is 24.3 Å². The molecule has 6 N–H and O–H groups in total. The number of nitrogens with two attached hydrogens (primary N) is 2. The molecule has 2 aromatic heterocycles. The summed E-state index contributed by atoms with van der Waals surface area (Å²) in [7, 11) is 0. The second-order valence-electron chi connectivity index (χ2n) is 11.8. The minimum atomic E-state index is -4.69. The van der Waals surface area contributed by atoms with Gasteiger partial charge in [0.2, 0.25) is 0 Å². The number of ether oxygens (including phenoxy) is 2. The number of rotatable bonds is 7. The molecule has 9 nitrogen and oxygen atoms in total. The van der Waals surface area contributed by atoms with Crippen molar-refractivity contribution in [2.75, 3.05) is 44.2 Å². The Hall–Kier alpha value is -4.08. The van der Waals surface area contributed by atoms with Gasteiger partial charge < -0.3 is 36.1 Å². The van der Waals surface area contributed by atoms with Gasteiger partial charge in [-0.25, -0.2) is 9.97 Å². The van der Waals surface area contributed by atoms with Crippen LogP contribution >= 0.6 is 0 Å². The summed E-state index contributed by atoms with van der Waals surface area (Å²) >= 11 is 0. The fraction of sp³-hybridized carbons (Fsp3) is 0.438. The molecular formula is C32H37F6N7O2. The summed E-state index contributed by atoms with van der Waals surface area (Å²) in [5.74, 6) is 0.458. The monoisotopic (exact) mass is 665 g/mol. The van der Waals surface area contributed by atoms with E-state index in [-0.39, 0.29) is 22.3 Å². The Morgan fingerprint density at radius 3 is 1.66 bits per heavy atom. The van der Waals surface area contributed by atoms with E-state index in [4.69, 9.17) is 11.5 Å². The molecule has 0 radical (unpaired) electrons. The first-order valence-electron chi connectivity index (χ1n) is 15.2. The molecule has 4 aromatic rings. The zero-order valence-corrected chi connectivity index (χ0v) is 25.5. The molecule has 2 fully saturated rings. The van der Waals surface area contributed by atoms with E-state index in [0.717, 1.165) is 79.8 Å². The molecule has 0 spiro atoms. The van der Waals surface area contributed by atoms with Gasteiger partial charge in [0.25, 0.3) is 0 Å². The Morgan fingerprint density at radius 2 is 1.19 bits per heavy atom. The van der Waals surface area contributed by atoms with Crippen LogP contribution in [0.1, 0.15) is 36.8 Å². The van der Waals surface area contributed by atoms with Crippen molar-refractivity contribution in [3.63, 3.8) is 0 Å². The van der Waals surface area contributed by atoms with E-state index in [0.29, 0.717) is 13.1 Å². The lowest BCUT2D eigenvalue weighted by Crippen LogP contribution is -2.47. The van der Waals surface area contributed by atoms with Crippen LogP contribution in [-0.4, -0.2) is 66.9 Å². The summed E-state index contributed by atoms with van der Waals surface area (Å²) in [6, 6.07) is 14.1. The average Bonchev–Trinajstić information content (AvgIpc) is 3.54. The molecule has 2 aromatic carbocycles. The highest BCUT2D eigenvalue weighted by Gasteiger charge is 2.37. The highest BCUT2D eigenvalue weighted by molar-refractivity contribution is 5.87. The number of nitrogens with zero attached hydrogens (tertiary/aromatic N) is 3. The maximum absolute atomic E-state index is 12.4. The predicted octanol–water partition coefficient (Wildman–Crippen LogP) is 5.52. The Bertz CT molecular complexity index is 1580. The lowest BCUT2D eigenvalue weighted by molar-refractivity contribution is -0.275. The number of fused-ring (bicyclic) bond motifs is 1. The molecule has 0 aliphatic carbocycles. The molecule has 2 aliphatic heterocycles. The van der Waals surface area contributed by atoms with Gasteiger partial charge in [0.1, 0.15) is 29.3 Å². The predicted molar refractivity (Wildman–Crippen MR) is 165 cm³/mol. The van der Waals surface area contributed by atoms with E-state index in [1.54, 1.807) is 30.6 Å². The third kappa shape index (κ3) is 8.26. The number of hydrogen-bond donors (Lipinski definition) is 4. The fourth-order valence-corrected chi connectivity index (χ4v) is 6.40. The van der Waals surface area contributed by atoms with Gasteiger partial charge in [-0.3, -0.25) is 0 Å². The van der Waals surface area contributed by atoms with E-state index in [9.17, 15) is 26.3 Å². The molecule has 2 aliphatic rings. The van der Waals surface area contributed by atoms with Crippen LogP contribution in [0.2, 0.25) is 0 Å². The Kier molecular flexibility index (Phi) is 10.2. The van der Waals surface area contributed by atoms with Crippen molar-refractivity contribution >= 4 is 16.9 Å². The van der Waals surface area contributed by atoms with E-state index in [1.807, 2.05) is 12.3 Å². The summed E-state index contributed by atoms with van der Waals surface area (Å²) in [6.07, 6.45) is -2.63. The molecule has 47 heavy (non-hydrogen) atoms. The van der Waals surface area contributed by atoms with Crippen molar-refractivity contribution in [3.05, 3.63) is 78.2 Å². The number of aromatic amines is 1. The standard InChI is InChI=1S/C19H20F3N5O.C13H17F3N2O/c20-19(21,22)28-14-3-1-13(2-4-14)18(11-23)6-9-27(10-7-18)17-15-5-8-24-16(15)25-12-26-17;14-13(15,16)19-11-3-1-10(2-4-11)12(9-17)5-7-18-8-6-12/h1-5,8,12H,6-7,9-11,23H2,(H,24,25,26);1-4,18H,5-9,17H2. The number of aromatic nitrogens is 3. The minimum absolute atomic E-state index is 0.137. The van der Waals surface area contributed by atoms with Crippen molar-refractivity contribution in [2.24, 2.45) is 11.5 Å². The van der Waals surface area contributed by atoms with Crippen molar-refractivity contribution in [2.45, 2.75) is 49.2 Å². The van der Waals surface area contributed by atoms with Crippen LogP contribution in [0, 0.1) is 0 Å². The van der Waals surface area contributed by atoms with Gasteiger partial charge in [0.15, 0.2) is 0 Å². The zero-order chi connectivity index (χ0) is 33.7. The number of hydrogen-bond acceptors (Lipinski definition) is 8. The first kappa shape index (κ1) is 34.3. The zero-order valence-electron chi connectivity index (χ0n) is 25.5. The lowest BCUT2D eigenvalue weighted by atomic mass is 9.73. The van der Waals surface area contributed by atoms with Crippen LogP contribution in [0.4, 0.5) is 32.2 Å². The minimum Gasteiger partial charge on any atom is -0.406 e.